The number of amides is 2. The highest BCUT2D eigenvalue weighted by Crippen LogP contribution is 1.93. The zero-order valence-electron chi connectivity index (χ0n) is 9.97. The second kappa shape index (κ2) is 7.10. The largest absolute Gasteiger partial charge is 0.481 e. The predicted molar refractivity (Wildman–Crippen MR) is 62.6 cm³/mol. The molecule has 0 heterocycles. The third-order valence-corrected chi connectivity index (χ3v) is 2.96. The lowest BCUT2D eigenvalue weighted by molar-refractivity contribution is -0.137. The number of hydrogen-bond donors (Lipinski definition) is 2. The van der Waals surface area contributed by atoms with Gasteiger partial charge in [-0.05, 0) is 6.92 Å². The normalized spacial score (nSPS) is 10.9. The van der Waals surface area contributed by atoms with E-state index in [4.69, 9.17) is 5.11 Å². The first-order chi connectivity index (χ1) is 7.76. The van der Waals surface area contributed by atoms with Gasteiger partial charge in [-0.15, -0.1) is 0 Å². The zero-order chi connectivity index (χ0) is 13.5. The molecule has 0 aromatic heterocycles. The molecule has 0 unspecified atom stereocenters. The third-order valence-electron chi connectivity index (χ3n) is 2.01. The van der Waals surface area contributed by atoms with E-state index < -0.39 is 21.8 Å². The number of aliphatic carboxylic acids is 1. The second-order valence-corrected chi connectivity index (χ2v) is 5.84. The Labute approximate surface area is 101 Å². The molecule has 100 valence electrons. The van der Waals surface area contributed by atoms with Gasteiger partial charge in [-0.25, -0.2) is 13.2 Å². The fraction of sp³-hybridized carbons (Fsp3) is 0.778. The number of urea groups is 1. The molecule has 0 bridgehead atoms. The Kier molecular flexibility index (Phi) is 6.55. The molecule has 0 aliphatic carbocycles. The van der Waals surface area contributed by atoms with Crippen LogP contribution in [0.5, 0.6) is 0 Å². The highest BCUT2D eigenvalue weighted by molar-refractivity contribution is 7.90. The number of sulfone groups is 1. The van der Waals surface area contributed by atoms with Crippen molar-refractivity contribution in [1.29, 1.82) is 0 Å². The molecule has 0 radical (unpaired) electrons. The van der Waals surface area contributed by atoms with Gasteiger partial charge in [-0.1, -0.05) is 0 Å². The fourth-order valence-corrected chi connectivity index (χ4v) is 1.56. The lowest BCUT2D eigenvalue weighted by Crippen LogP contribution is -2.42. The zero-order valence-corrected chi connectivity index (χ0v) is 10.8. The summed E-state index contributed by atoms with van der Waals surface area (Å²) in [5.74, 6) is -1.11. The van der Waals surface area contributed by atoms with Crippen LogP contribution in [0, 0.1) is 0 Å². The summed E-state index contributed by atoms with van der Waals surface area (Å²) < 4.78 is 21.6. The molecule has 17 heavy (non-hydrogen) atoms. The van der Waals surface area contributed by atoms with Crippen molar-refractivity contribution in [3.8, 4) is 0 Å². The van der Waals surface area contributed by atoms with Gasteiger partial charge >= 0.3 is 12.0 Å². The summed E-state index contributed by atoms with van der Waals surface area (Å²) >= 11 is 0. The summed E-state index contributed by atoms with van der Waals surface area (Å²) in [5, 5.41) is 10.9. The van der Waals surface area contributed by atoms with Crippen LogP contribution in [-0.2, 0) is 14.6 Å². The maximum atomic E-state index is 11.5. The topological polar surface area (TPSA) is 104 Å². The quantitative estimate of drug-likeness (QED) is 0.648. The molecule has 8 heteroatoms. The monoisotopic (exact) mass is 266 g/mol. The maximum absolute atomic E-state index is 11.5. The van der Waals surface area contributed by atoms with E-state index in [0.717, 1.165) is 6.26 Å². The van der Waals surface area contributed by atoms with Gasteiger partial charge < -0.3 is 15.3 Å². The summed E-state index contributed by atoms with van der Waals surface area (Å²) in [6.45, 7) is 2.23. The van der Waals surface area contributed by atoms with Crippen molar-refractivity contribution in [1.82, 2.24) is 10.2 Å². The van der Waals surface area contributed by atoms with Crippen molar-refractivity contribution in [2.24, 2.45) is 0 Å². The van der Waals surface area contributed by atoms with Crippen molar-refractivity contribution in [3.05, 3.63) is 0 Å². The smallest absolute Gasteiger partial charge is 0.317 e. The minimum absolute atomic E-state index is 0.0290. The lowest BCUT2D eigenvalue weighted by atomic mass is 10.4. The summed E-state index contributed by atoms with van der Waals surface area (Å²) in [4.78, 5) is 23.2. The molecule has 0 aromatic carbocycles. The van der Waals surface area contributed by atoms with E-state index in [9.17, 15) is 18.0 Å². The third kappa shape index (κ3) is 8.49. The highest BCUT2D eigenvalue weighted by atomic mass is 32.2. The Morgan fingerprint density at radius 1 is 1.35 bits per heavy atom. The highest BCUT2D eigenvalue weighted by Gasteiger charge is 2.12. The summed E-state index contributed by atoms with van der Waals surface area (Å²) in [5.41, 5.74) is 0. The molecule has 0 aliphatic heterocycles. The van der Waals surface area contributed by atoms with E-state index in [1.54, 1.807) is 6.92 Å². The molecule has 2 N–H and O–H groups in total. The van der Waals surface area contributed by atoms with Crippen LogP contribution in [-0.4, -0.2) is 62.1 Å². The minimum atomic E-state index is -3.11. The van der Waals surface area contributed by atoms with Gasteiger partial charge in [0.15, 0.2) is 0 Å². The van der Waals surface area contributed by atoms with Crippen LogP contribution in [0.25, 0.3) is 0 Å². The molecule has 0 rings (SSSR count). The Morgan fingerprint density at radius 3 is 2.35 bits per heavy atom. The van der Waals surface area contributed by atoms with Gasteiger partial charge in [0, 0.05) is 25.9 Å². The molecule has 0 fully saturated rings. The number of carbonyl (C=O) groups excluding carboxylic acids is 1. The van der Waals surface area contributed by atoms with Crippen molar-refractivity contribution in [2.45, 2.75) is 13.3 Å². The Morgan fingerprint density at radius 2 is 1.94 bits per heavy atom. The lowest BCUT2D eigenvalue weighted by Gasteiger charge is -2.20. The molecule has 7 nitrogen and oxygen atoms in total. The SMILES string of the molecule is CCN(CCC(=O)O)C(=O)NCCS(C)(=O)=O. The predicted octanol–water partition coefficient (Wildman–Crippen LogP) is -0.463. The molecule has 2 amide bonds. The van der Waals surface area contributed by atoms with Gasteiger partial charge in [0.05, 0.1) is 12.2 Å². The summed E-state index contributed by atoms with van der Waals surface area (Å²) in [7, 11) is -3.11. The van der Waals surface area contributed by atoms with E-state index in [1.165, 1.54) is 4.90 Å². The molecular formula is C9H18N2O5S. The second-order valence-electron chi connectivity index (χ2n) is 3.59. The molecule has 0 saturated heterocycles. The van der Waals surface area contributed by atoms with Crippen molar-refractivity contribution in [3.63, 3.8) is 0 Å². The van der Waals surface area contributed by atoms with Crippen LogP contribution in [0.15, 0.2) is 0 Å². The Balaban J connectivity index is 4.04. The number of rotatable bonds is 7. The van der Waals surface area contributed by atoms with Crippen molar-refractivity contribution < 1.29 is 23.1 Å². The van der Waals surface area contributed by atoms with Crippen molar-refractivity contribution >= 4 is 21.8 Å². The van der Waals surface area contributed by atoms with Crippen molar-refractivity contribution in [2.75, 3.05) is 31.6 Å². The first-order valence-electron chi connectivity index (χ1n) is 5.18. The van der Waals surface area contributed by atoms with Gasteiger partial charge in [-0.3, -0.25) is 4.79 Å². The summed E-state index contributed by atoms with van der Waals surface area (Å²) in [6, 6.07) is -0.447. The number of carbonyl (C=O) groups is 2. The van der Waals surface area contributed by atoms with Crippen LogP contribution in [0.3, 0.4) is 0 Å². The van der Waals surface area contributed by atoms with E-state index in [1.807, 2.05) is 0 Å². The van der Waals surface area contributed by atoms with Crippen LogP contribution in [0.1, 0.15) is 13.3 Å². The van der Waals surface area contributed by atoms with Crippen LogP contribution >= 0.6 is 0 Å². The van der Waals surface area contributed by atoms with Gasteiger partial charge in [0.25, 0.3) is 0 Å². The molecule has 0 aromatic rings. The van der Waals surface area contributed by atoms with Gasteiger partial charge in [0.2, 0.25) is 0 Å². The van der Waals surface area contributed by atoms with E-state index >= 15 is 0 Å². The molecular weight excluding hydrogens is 248 g/mol. The number of nitrogens with zero attached hydrogens (tertiary/aromatic N) is 1. The average Bonchev–Trinajstić information content (AvgIpc) is 2.16. The minimum Gasteiger partial charge on any atom is -0.481 e. The first kappa shape index (κ1) is 15.7. The first-order valence-corrected chi connectivity index (χ1v) is 7.24. The molecule has 0 aliphatic rings. The van der Waals surface area contributed by atoms with Crippen LogP contribution in [0.2, 0.25) is 0 Å². The van der Waals surface area contributed by atoms with Gasteiger partial charge in [-0.2, -0.15) is 0 Å². The average molecular weight is 266 g/mol. The number of nitrogens with one attached hydrogen (secondary N) is 1. The van der Waals surface area contributed by atoms with E-state index in [-0.39, 0.29) is 25.3 Å². The standard InChI is InChI=1S/C9H18N2O5S/c1-3-11(6-4-8(12)13)9(14)10-5-7-17(2,15)16/h3-7H2,1-2H3,(H,10,14)(H,12,13). The fourth-order valence-electron chi connectivity index (χ4n) is 1.09. The van der Waals surface area contributed by atoms with Gasteiger partial charge in [0.1, 0.15) is 9.84 Å². The van der Waals surface area contributed by atoms with Crippen LogP contribution in [0.4, 0.5) is 4.79 Å². The van der Waals surface area contributed by atoms with E-state index in [0.29, 0.717) is 6.54 Å². The molecule has 0 atom stereocenters. The Bertz CT molecular complexity index is 366. The molecule has 0 spiro atoms. The molecule has 0 saturated carbocycles. The van der Waals surface area contributed by atoms with E-state index in [2.05, 4.69) is 5.32 Å². The number of hydrogen-bond acceptors (Lipinski definition) is 4. The number of carboxylic acid groups (broad SMARTS) is 1. The van der Waals surface area contributed by atoms with Crippen LogP contribution < -0.4 is 5.32 Å². The maximum Gasteiger partial charge on any atom is 0.317 e. The summed E-state index contributed by atoms with van der Waals surface area (Å²) in [6.07, 6.45) is 0.953. The Hall–Kier alpha value is -1.31. The number of carboxylic acids is 1.